The number of aryl methyl sites for hydroxylation is 1. The molecule has 4 nitrogen and oxygen atoms in total. The molecule has 0 radical (unpaired) electrons. The standard InChI is InChI=1S/C24H24N2O2/c1-5-6-21-16(3)22(24(27)26-28)17(4)23(25-21)20-13-11-19(12-14-20)18-9-7-15(2)8-10-18/h5-14,28H,1-4H3,(H,26,27)/b6-5-. The van der Waals surface area contributed by atoms with E-state index < -0.39 is 5.91 Å². The summed E-state index contributed by atoms with van der Waals surface area (Å²) in [5, 5.41) is 9.16. The van der Waals surface area contributed by atoms with Gasteiger partial charge in [-0.1, -0.05) is 60.2 Å². The van der Waals surface area contributed by atoms with Crippen LogP contribution in [0.3, 0.4) is 0 Å². The van der Waals surface area contributed by atoms with Crippen molar-refractivity contribution in [3.05, 3.63) is 82.6 Å². The molecular formula is C24H24N2O2. The Morgan fingerprint density at radius 2 is 1.43 bits per heavy atom. The quantitative estimate of drug-likeness (QED) is 0.470. The number of hydroxylamine groups is 1. The maximum Gasteiger partial charge on any atom is 0.275 e. The predicted molar refractivity (Wildman–Crippen MR) is 113 cm³/mol. The van der Waals surface area contributed by atoms with Crippen LogP contribution in [0, 0.1) is 20.8 Å². The smallest absolute Gasteiger partial charge is 0.275 e. The van der Waals surface area contributed by atoms with Crippen LogP contribution >= 0.6 is 0 Å². The fourth-order valence-corrected chi connectivity index (χ4v) is 3.38. The molecule has 0 saturated heterocycles. The van der Waals surface area contributed by atoms with E-state index in [4.69, 9.17) is 10.2 Å². The van der Waals surface area contributed by atoms with Gasteiger partial charge in [0, 0.05) is 5.56 Å². The number of carbonyl (C=O) groups excluding carboxylic acids is 1. The van der Waals surface area contributed by atoms with Crippen LogP contribution in [0.1, 0.15) is 39.7 Å². The molecule has 3 rings (SSSR count). The molecule has 0 aliphatic rings. The first-order valence-corrected chi connectivity index (χ1v) is 9.22. The fourth-order valence-electron chi connectivity index (χ4n) is 3.38. The maximum atomic E-state index is 12.2. The van der Waals surface area contributed by atoms with Gasteiger partial charge >= 0.3 is 0 Å². The lowest BCUT2D eigenvalue weighted by Crippen LogP contribution is -2.22. The van der Waals surface area contributed by atoms with E-state index >= 15 is 0 Å². The molecule has 28 heavy (non-hydrogen) atoms. The molecule has 0 atom stereocenters. The SMILES string of the molecule is C/C=C\c1nc(-c2ccc(-c3ccc(C)cc3)cc2)c(C)c(C(=O)NO)c1C. The zero-order valence-corrected chi connectivity index (χ0v) is 16.6. The van der Waals surface area contributed by atoms with Crippen LogP contribution in [0.5, 0.6) is 0 Å². The van der Waals surface area contributed by atoms with Gasteiger partial charge in [0.05, 0.1) is 17.0 Å². The minimum Gasteiger partial charge on any atom is -0.288 e. The van der Waals surface area contributed by atoms with Crippen LogP contribution in [0.25, 0.3) is 28.5 Å². The third kappa shape index (κ3) is 3.73. The number of allylic oxidation sites excluding steroid dienone is 1. The van der Waals surface area contributed by atoms with Gasteiger partial charge in [-0.3, -0.25) is 10.0 Å². The summed E-state index contributed by atoms with van der Waals surface area (Å²) >= 11 is 0. The van der Waals surface area contributed by atoms with Crippen molar-refractivity contribution in [2.75, 3.05) is 0 Å². The predicted octanol–water partition coefficient (Wildman–Crippen LogP) is 5.49. The summed E-state index contributed by atoms with van der Waals surface area (Å²) in [6.07, 6.45) is 3.75. The topological polar surface area (TPSA) is 62.2 Å². The van der Waals surface area contributed by atoms with E-state index in [0.29, 0.717) is 11.3 Å². The van der Waals surface area contributed by atoms with Crippen molar-refractivity contribution in [1.82, 2.24) is 10.5 Å². The summed E-state index contributed by atoms with van der Waals surface area (Å²) in [4.78, 5) is 17.0. The van der Waals surface area contributed by atoms with Gasteiger partial charge in [-0.25, -0.2) is 10.5 Å². The first-order chi connectivity index (χ1) is 13.5. The van der Waals surface area contributed by atoms with E-state index in [-0.39, 0.29) is 0 Å². The second-order valence-corrected chi connectivity index (χ2v) is 6.85. The molecule has 0 aliphatic heterocycles. The molecule has 3 aromatic rings. The Balaban J connectivity index is 2.11. The van der Waals surface area contributed by atoms with E-state index in [1.807, 2.05) is 45.1 Å². The number of carbonyl (C=O) groups is 1. The Labute approximate surface area is 165 Å². The molecule has 0 bridgehead atoms. The monoisotopic (exact) mass is 372 g/mol. The van der Waals surface area contributed by atoms with Crippen LogP contribution in [-0.4, -0.2) is 16.1 Å². The lowest BCUT2D eigenvalue weighted by Gasteiger charge is -2.15. The van der Waals surface area contributed by atoms with Crippen molar-refractivity contribution in [2.45, 2.75) is 27.7 Å². The number of hydrogen-bond donors (Lipinski definition) is 2. The van der Waals surface area contributed by atoms with Crippen molar-refractivity contribution in [3.8, 4) is 22.4 Å². The van der Waals surface area contributed by atoms with E-state index in [0.717, 1.165) is 33.5 Å². The summed E-state index contributed by atoms with van der Waals surface area (Å²) in [6.45, 7) is 7.67. The third-order valence-electron chi connectivity index (χ3n) is 4.92. The first kappa shape index (κ1) is 19.5. The number of nitrogens with zero attached hydrogens (tertiary/aromatic N) is 1. The number of benzene rings is 2. The molecule has 0 unspecified atom stereocenters. The Kier molecular flexibility index (Phi) is 5.71. The van der Waals surface area contributed by atoms with Gasteiger partial charge in [0.15, 0.2) is 0 Å². The molecule has 2 N–H and O–H groups in total. The van der Waals surface area contributed by atoms with Gasteiger partial charge in [0.1, 0.15) is 0 Å². The molecular weight excluding hydrogens is 348 g/mol. The molecule has 0 aliphatic carbocycles. The average molecular weight is 372 g/mol. The molecule has 1 aromatic heterocycles. The molecule has 1 amide bonds. The van der Waals surface area contributed by atoms with E-state index in [1.165, 1.54) is 5.56 Å². The molecule has 1 heterocycles. The van der Waals surface area contributed by atoms with Crippen LogP contribution < -0.4 is 5.48 Å². The highest BCUT2D eigenvalue weighted by molar-refractivity contribution is 5.98. The zero-order chi connectivity index (χ0) is 20.3. The van der Waals surface area contributed by atoms with Gasteiger partial charge in [-0.2, -0.15) is 0 Å². The van der Waals surface area contributed by atoms with Crippen LogP contribution in [0.15, 0.2) is 54.6 Å². The molecule has 4 heteroatoms. The van der Waals surface area contributed by atoms with Gasteiger partial charge in [-0.15, -0.1) is 0 Å². The summed E-state index contributed by atoms with van der Waals surface area (Å²) in [7, 11) is 0. The number of pyridine rings is 1. The second kappa shape index (κ2) is 8.19. The van der Waals surface area contributed by atoms with Crippen molar-refractivity contribution in [1.29, 1.82) is 0 Å². The van der Waals surface area contributed by atoms with E-state index in [2.05, 4.69) is 43.3 Å². The molecule has 142 valence electrons. The number of nitrogens with one attached hydrogen (secondary N) is 1. The van der Waals surface area contributed by atoms with Crippen molar-refractivity contribution in [2.24, 2.45) is 0 Å². The van der Waals surface area contributed by atoms with Crippen LogP contribution in [-0.2, 0) is 0 Å². The lowest BCUT2D eigenvalue weighted by atomic mass is 9.95. The second-order valence-electron chi connectivity index (χ2n) is 6.85. The highest BCUT2D eigenvalue weighted by atomic mass is 16.5. The van der Waals surface area contributed by atoms with Crippen molar-refractivity contribution < 1.29 is 10.0 Å². The number of rotatable bonds is 4. The Morgan fingerprint density at radius 3 is 1.96 bits per heavy atom. The van der Waals surface area contributed by atoms with Crippen molar-refractivity contribution in [3.63, 3.8) is 0 Å². The number of amides is 1. The largest absolute Gasteiger partial charge is 0.288 e. The fraction of sp³-hybridized carbons (Fsp3) is 0.167. The molecule has 0 spiro atoms. The molecule has 0 fully saturated rings. The van der Waals surface area contributed by atoms with Gasteiger partial charge in [-0.05, 0) is 56.0 Å². The highest BCUT2D eigenvalue weighted by Crippen LogP contribution is 2.30. The summed E-state index contributed by atoms with van der Waals surface area (Å²) in [5.41, 5.74) is 9.54. The summed E-state index contributed by atoms with van der Waals surface area (Å²) in [6, 6.07) is 16.5. The van der Waals surface area contributed by atoms with E-state index in [1.54, 1.807) is 5.48 Å². The zero-order valence-electron chi connectivity index (χ0n) is 16.6. The van der Waals surface area contributed by atoms with Crippen molar-refractivity contribution >= 4 is 12.0 Å². The number of aromatic nitrogens is 1. The highest BCUT2D eigenvalue weighted by Gasteiger charge is 2.19. The summed E-state index contributed by atoms with van der Waals surface area (Å²) < 4.78 is 0. The minimum atomic E-state index is -0.527. The van der Waals surface area contributed by atoms with Gasteiger partial charge in [0.2, 0.25) is 0 Å². The first-order valence-electron chi connectivity index (χ1n) is 9.22. The Hall–Kier alpha value is -3.24. The Bertz CT molecular complexity index is 1030. The lowest BCUT2D eigenvalue weighted by molar-refractivity contribution is 0.0705. The minimum absolute atomic E-state index is 0.447. The Morgan fingerprint density at radius 1 is 0.893 bits per heavy atom. The molecule has 0 saturated carbocycles. The van der Waals surface area contributed by atoms with Gasteiger partial charge < -0.3 is 0 Å². The summed E-state index contributed by atoms with van der Waals surface area (Å²) in [5.74, 6) is -0.527. The van der Waals surface area contributed by atoms with Crippen LogP contribution in [0.4, 0.5) is 0 Å². The normalized spacial score (nSPS) is 11.0. The van der Waals surface area contributed by atoms with Crippen LogP contribution in [0.2, 0.25) is 0 Å². The molecule has 2 aromatic carbocycles. The average Bonchev–Trinajstić information content (AvgIpc) is 2.71. The number of hydrogen-bond acceptors (Lipinski definition) is 3. The maximum absolute atomic E-state index is 12.2. The van der Waals surface area contributed by atoms with Gasteiger partial charge in [0.25, 0.3) is 5.91 Å². The third-order valence-corrected chi connectivity index (χ3v) is 4.92. The van der Waals surface area contributed by atoms with E-state index in [9.17, 15) is 4.79 Å².